The van der Waals surface area contributed by atoms with E-state index in [4.69, 9.17) is 9.47 Å². The van der Waals surface area contributed by atoms with E-state index in [0.29, 0.717) is 29.4 Å². The lowest BCUT2D eigenvalue weighted by atomic mass is 9.91. The molecule has 0 radical (unpaired) electrons. The Hall–Kier alpha value is -3.48. The SMILES string of the molecule is COc1cccc(N2C(=O)c3cc4ccc(OC)cc4n3CC2(C)C(=O)NC2CCCCC2)c1. The fraction of sp³-hybridized carbons (Fsp3) is 0.407. The summed E-state index contributed by atoms with van der Waals surface area (Å²) in [7, 11) is 3.22. The van der Waals surface area contributed by atoms with Crippen LogP contribution in [-0.4, -0.2) is 42.2 Å². The molecule has 178 valence electrons. The molecule has 34 heavy (non-hydrogen) atoms. The molecule has 1 unspecified atom stereocenters. The summed E-state index contributed by atoms with van der Waals surface area (Å²) in [6.07, 6.45) is 5.39. The molecular formula is C27H31N3O4. The summed E-state index contributed by atoms with van der Waals surface area (Å²) >= 11 is 0. The maximum atomic E-state index is 14.0. The van der Waals surface area contributed by atoms with Gasteiger partial charge < -0.3 is 19.4 Å². The van der Waals surface area contributed by atoms with E-state index in [2.05, 4.69) is 5.32 Å². The van der Waals surface area contributed by atoms with Gasteiger partial charge in [0, 0.05) is 29.2 Å². The van der Waals surface area contributed by atoms with Gasteiger partial charge >= 0.3 is 0 Å². The van der Waals surface area contributed by atoms with E-state index < -0.39 is 5.54 Å². The van der Waals surface area contributed by atoms with Crippen molar-refractivity contribution in [3.05, 3.63) is 54.2 Å². The number of nitrogens with one attached hydrogen (secondary N) is 1. The monoisotopic (exact) mass is 461 g/mol. The fourth-order valence-corrected chi connectivity index (χ4v) is 5.34. The number of aromatic nitrogens is 1. The second-order valence-electron chi connectivity index (χ2n) is 9.46. The summed E-state index contributed by atoms with van der Waals surface area (Å²) in [5.74, 6) is 1.00. The lowest BCUT2D eigenvalue weighted by Crippen LogP contribution is -2.65. The summed E-state index contributed by atoms with van der Waals surface area (Å²) in [6.45, 7) is 2.19. The van der Waals surface area contributed by atoms with Crippen LogP contribution in [0.3, 0.4) is 0 Å². The topological polar surface area (TPSA) is 72.8 Å². The number of fused-ring (bicyclic) bond motifs is 3. The van der Waals surface area contributed by atoms with Gasteiger partial charge in [0.05, 0.1) is 26.3 Å². The third-order valence-corrected chi connectivity index (χ3v) is 7.23. The van der Waals surface area contributed by atoms with Crippen molar-refractivity contribution in [1.29, 1.82) is 0 Å². The summed E-state index contributed by atoms with van der Waals surface area (Å²) in [4.78, 5) is 29.5. The van der Waals surface area contributed by atoms with Crippen LogP contribution >= 0.6 is 0 Å². The first kappa shape index (κ1) is 22.3. The number of nitrogens with zero attached hydrogens (tertiary/aromatic N) is 2. The Labute approximate surface area is 199 Å². The molecule has 2 aliphatic rings. The first-order valence-electron chi connectivity index (χ1n) is 11.9. The molecule has 1 aromatic heterocycles. The molecule has 2 amide bonds. The molecule has 0 bridgehead atoms. The van der Waals surface area contributed by atoms with Gasteiger partial charge in [0.1, 0.15) is 22.7 Å². The highest BCUT2D eigenvalue weighted by atomic mass is 16.5. The lowest BCUT2D eigenvalue weighted by molar-refractivity contribution is -0.127. The van der Waals surface area contributed by atoms with Gasteiger partial charge in [-0.2, -0.15) is 0 Å². The highest BCUT2D eigenvalue weighted by Crippen LogP contribution is 2.38. The van der Waals surface area contributed by atoms with Crippen molar-refractivity contribution in [2.75, 3.05) is 19.1 Å². The Morgan fingerprint density at radius 2 is 1.74 bits per heavy atom. The average Bonchev–Trinajstić information content (AvgIpc) is 3.22. The van der Waals surface area contributed by atoms with Gasteiger partial charge in [0.2, 0.25) is 5.91 Å². The van der Waals surface area contributed by atoms with Crippen LogP contribution in [0.15, 0.2) is 48.5 Å². The van der Waals surface area contributed by atoms with E-state index in [-0.39, 0.29) is 17.9 Å². The van der Waals surface area contributed by atoms with Gasteiger partial charge in [-0.1, -0.05) is 25.3 Å². The van der Waals surface area contributed by atoms with E-state index in [1.807, 2.05) is 60.0 Å². The highest BCUT2D eigenvalue weighted by Gasteiger charge is 2.49. The smallest absolute Gasteiger partial charge is 0.275 e. The second-order valence-corrected chi connectivity index (χ2v) is 9.46. The van der Waals surface area contributed by atoms with Gasteiger partial charge in [0.15, 0.2) is 0 Å². The summed E-state index contributed by atoms with van der Waals surface area (Å²) in [5, 5.41) is 4.21. The van der Waals surface area contributed by atoms with Crippen molar-refractivity contribution in [1.82, 2.24) is 9.88 Å². The predicted octanol–water partition coefficient (Wildman–Crippen LogP) is 4.53. The van der Waals surface area contributed by atoms with Crippen LogP contribution < -0.4 is 19.7 Å². The molecule has 7 heteroatoms. The zero-order valence-corrected chi connectivity index (χ0v) is 20.0. The standard InChI is InChI=1S/C27H31N3O4/c1-27(26(32)28-19-8-5-4-6-9-19)17-29-23-16-22(34-3)13-12-18(23)14-24(29)25(31)30(27)20-10-7-11-21(15-20)33-2/h7,10-16,19H,4-6,8-9,17H2,1-3H3,(H,28,32). The van der Waals surface area contributed by atoms with Crippen LogP contribution in [0, 0.1) is 0 Å². The summed E-state index contributed by atoms with van der Waals surface area (Å²) < 4.78 is 12.8. The van der Waals surface area contributed by atoms with Crippen molar-refractivity contribution < 1.29 is 19.1 Å². The minimum absolute atomic E-state index is 0.133. The van der Waals surface area contributed by atoms with Crippen LogP contribution in [0.4, 0.5) is 5.69 Å². The van der Waals surface area contributed by atoms with Crippen LogP contribution in [0.1, 0.15) is 49.5 Å². The van der Waals surface area contributed by atoms with Gasteiger partial charge in [-0.15, -0.1) is 0 Å². The molecule has 3 aromatic rings. The molecule has 1 aliphatic heterocycles. The molecule has 2 aromatic carbocycles. The van der Waals surface area contributed by atoms with Crippen molar-refractivity contribution in [3.63, 3.8) is 0 Å². The number of amides is 2. The quantitative estimate of drug-likeness (QED) is 0.606. The minimum Gasteiger partial charge on any atom is -0.497 e. The second kappa shape index (κ2) is 8.70. The number of rotatable bonds is 5. The molecule has 0 saturated heterocycles. The fourth-order valence-electron chi connectivity index (χ4n) is 5.34. The number of hydrogen-bond acceptors (Lipinski definition) is 4. The Morgan fingerprint density at radius 3 is 2.47 bits per heavy atom. The highest BCUT2D eigenvalue weighted by molar-refractivity contribution is 6.14. The molecule has 1 atom stereocenters. The van der Waals surface area contributed by atoms with Crippen LogP contribution in [0.25, 0.3) is 10.9 Å². The lowest BCUT2D eigenvalue weighted by Gasteiger charge is -2.44. The number of benzene rings is 2. The third kappa shape index (κ3) is 3.69. The van der Waals surface area contributed by atoms with Gasteiger partial charge in [-0.05, 0) is 50.1 Å². The van der Waals surface area contributed by atoms with E-state index >= 15 is 0 Å². The third-order valence-electron chi connectivity index (χ3n) is 7.23. The minimum atomic E-state index is -1.12. The van der Waals surface area contributed by atoms with Crippen LogP contribution in [0.2, 0.25) is 0 Å². The molecule has 2 heterocycles. The van der Waals surface area contributed by atoms with E-state index in [1.165, 1.54) is 6.42 Å². The molecule has 5 rings (SSSR count). The molecule has 1 N–H and O–H groups in total. The Morgan fingerprint density at radius 1 is 1.00 bits per heavy atom. The van der Waals surface area contributed by atoms with E-state index in [0.717, 1.165) is 36.6 Å². The van der Waals surface area contributed by atoms with Crippen LogP contribution in [0.5, 0.6) is 11.5 Å². The van der Waals surface area contributed by atoms with Gasteiger partial charge in [-0.3, -0.25) is 14.5 Å². The largest absolute Gasteiger partial charge is 0.497 e. The molecule has 1 aliphatic carbocycles. The zero-order valence-electron chi connectivity index (χ0n) is 20.0. The van der Waals surface area contributed by atoms with E-state index in [1.54, 1.807) is 19.1 Å². The number of methoxy groups -OCH3 is 2. The maximum Gasteiger partial charge on any atom is 0.275 e. The first-order chi connectivity index (χ1) is 16.4. The molecular weight excluding hydrogens is 430 g/mol. The number of anilines is 1. The number of hydrogen-bond donors (Lipinski definition) is 1. The van der Waals surface area contributed by atoms with Crippen molar-refractivity contribution in [2.45, 2.75) is 57.2 Å². The predicted molar refractivity (Wildman–Crippen MR) is 132 cm³/mol. The zero-order chi connectivity index (χ0) is 23.9. The van der Waals surface area contributed by atoms with Crippen molar-refractivity contribution >= 4 is 28.4 Å². The van der Waals surface area contributed by atoms with Crippen molar-refractivity contribution in [2.24, 2.45) is 0 Å². The number of carbonyl (C=O) groups is 2. The maximum absolute atomic E-state index is 14.0. The van der Waals surface area contributed by atoms with Crippen LogP contribution in [-0.2, 0) is 11.3 Å². The average molecular weight is 462 g/mol. The Balaban J connectivity index is 1.63. The molecule has 1 fully saturated rings. The molecule has 7 nitrogen and oxygen atoms in total. The Bertz CT molecular complexity index is 1240. The number of ether oxygens (including phenoxy) is 2. The number of carbonyl (C=O) groups excluding carboxylic acids is 2. The normalized spacial score (nSPS) is 20.8. The van der Waals surface area contributed by atoms with Crippen molar-refractivity contribution in [3.8, 4) is 11.5 Å². The first-order valence-corrected chi connectivity index (χ1v) is 11.9. The van der Waals surface area contributed by atoms with Gasteiger partial charge in [-0.25, -0.2) is 0 Å². The molecule has 0 spiro atoms. The summed E-state index contributed by atoms with van der Waals surface area (Å²) in [6, 6.07) is 15.1. The Kier molecular flexibility index (Phi) is 5.71. The van der Waals surface area contributed by atoms with Gasteiger partial charge in [0.25, 0.3) is 5.91 Å². The molecule has 1 saturated carbocycles. The van der Waals surface area contributed by atoms with E-state index in [9.17, 15) is 9.59 Å². The summed E-state index contributed by atoms with van der Waals surface area (Å²) in [5.41, 5.74) is 0.946.